The Kier molecular flexibility index (Phi) is 35.5. The fraction of sp³-hybridized carbons (Fsp3) is 0.828. The largest absolute Gasteiger partial charge is 0.459 e. The van der Waals surface area contributed by atoms with Crippen LogP contribution >= 0.6 is 11.6 Å². The summed E-state index contributed by atoms with van der Waals surface area (Å²) in [5.41, 5.74) is 1.63. The first-order valence-electron chi connectivity index (χ1n) is 26.8. The normalized spacial score (nSPS) is 14.9. The number of halogens is 1. The lowest BCUT2D eigenvalue weighted by atomic mass is 9.71. The molecule has 0 aliphatic rings. The molecule has 0 aromatic heterocycles. The lowest BCUT2D eigenvalue weighted by Crippen LogP contribution is -2.44. The summed E-state index contributed by atoms with van der Waals surface area (Å²) in [4.78, 5) is 22.6. The zero-order chi connectivity index (χ0) is 59.9. The Morgan fingerprint density at radius 1 is 0.569 bits per heavy atom. The smallest absolute Gasteiger partial charge is 0.338 e. The van der Waals surface area contributed by atoms with Gasteiger partial charge in [0, 0.05) is 17.2 Å². The quantitative estimate of drug-likeness (QED) is 0.151. The molecule has 1 aromatic carbocycles. The SMILES string of the molecule is C=C(C)C(C)(C)C.CC(C)(C)C(C)(C)C.CC(C)(C)C(C)(C)Cl.CC(C)(C)C(C)(O)COC(=O)c1ccc(C#N)cc1.CCC(C)(O)C(C)(C)C.CCC(C)(OC(C)=O)C(C)(C)C.CCC(CC)C(C)(C)C. The molecule has 0 saturated heterocycles. The number of nitriles is 1. The highest BCUT2D eigenvalue weighted by molar-refractivity contribution is 6.23. The molecule has 428 valence electrons. The zero-order valence-electron chi connectivity index (χ0n) is 54.5. The molecule has 1 rings (SSSR count). The molecule has 0 aliphatic carbocycles. The number of rotatable bonds is 8. The molecule has 0 bridgehead atoms. The first kappa shape index (κ1) is 81.0. The van der Waals surface area contributed by atoms with Gasteiger partial charge in [-0.25, -0.2) is 4.79 Å². The van der Waals surface area contributed by atoms with Crippen molar-refractivity contribution < 1.29 is 29.3 Å². The first-order chi connectivity index (χ1) is 31.2. The Hall–Kier alpha value is -2.40. The molecule has 0 aliphatic heterocycles. The Morgan fingerprint density at radius 3 is 1.01 bits per heavy atom. The van der Waals surface area contributed by atoms with Gasteiger partial charge in [-0.2, -0.15) is 5.26 Å². The van der Waals surface area contributed by atoms with Crippen LogP contribution in [-0.4, -0.2) is 50.4 Å². The summed E-state index contributed by atoms with van der Waals surface area (Å²) in [5, 5.41) is 28.5. The second kappa shape index (κ2) is 31.6. The summed E-state index contributed by atoms with van der Waals surface area (Å²) in [6.07, 6.45) is 4.30. The molecular weight excluding hydrogens is 914 g/mol. The summed E-state index contributed by atoms with van der Waals surface area (Å²) in [6, 6.07) is 8.15. The van der Waals surface area contributed by atoms with E-state index in [9.17, 15) is 19.8 Å². The minimum atomic E-state index is -1.10. The molecule has 3 unspecified atom stereocenters. The predicted molar refractivity (Wildman–Crippen MR) is 318 cm³/mol. The minimum Gasteiger partial charge on any atom is -0.459 e. The van der Waals surface area contributed by atoms with Crippen LogP contribution in [0.2, 0.25) is 0 Å². The van der Waals surface area contributed by atoms with E-state index in [1.54, 1.807) is 19.1 Å². The van der Waals surface area contributed by atoms with Crippen LogP contribution in [0.15, 0.2) is 36.4 Å². The van der Waals surface area contributed by atoms with Gasteiger partial charge in [0.05, 0.1) is 22.8 Å². The summed E-state index contributed by atoms with van der Waals surface area (Å²) >= 11 is 6.01. The average Bonchev–Trinajstić information content (AvgIpc) is 3.15. The number of hydrogen-bond acceptors (Lipinski definition) is 7. The number of carbonyl (C=O) groups excluding carboxylic acids is 2. The van der Waals surface area contributed by atoms with Gasteiger partial charge in [-0.1, -0.05) is 219 Å². The third kappa shape index (κ3) is 35.7. The predicted octanol–water partition coefficient (Wildman–Crippen LogP) is 19.7. The number of esters is 2. The van der Waals surface area contributed by atoms with Crippen LogP contribution in [0, 0.1) is 60.6 Å². The molecule has 72 heavy (non-hydrogen) atoms. The number of nitrogens with zero attached hydrogens (tertiary/aromatic N) is 1. The molecule has 8 heteroatoms. The molecule has 0 fully saturated rings. The minimum absolute atomic E-state index is 0.00174. The fourth-order valence-electron chi connectivity index (χ4n) is 4.30. The van der Waals surface area contributed by atoms with Gasteiger partial charge in [0.25, 0.3) is 0 Å². The highest BCUT2D eigenvalue weighted by Crippen LogP contribution is 2.38. The van der Waals surface area contributed by atoms with Crippen molar-refractivity contribution in [2.24, 2.45) is 49.2 Å². The Labute approximate surface area is 455 Å². The van der Waals surface area contributed by atoms with Gasteiger partial charge < -0.3 is 19.7 Å². The Balaban J connectivity index is -0.000000183. The Bertz CT molecular complexity index is 1630. The number of alkyl halides is 1. The fourth-order valence-corrected chi connectivity index (χ4v) is 4.30. The van der Waals surface area contributed by atoms with Crippen molar-refractivity contribution in [3.8, 4) is 6.07 Å². The highest BCUT2D eigenvalue weighted by Gasteiger charge is 2.39. The number of hydrogen-bond donors (Lipinski definition) is 2. The van der Waals surface area contributed by atoms with Crippen LogP contribution in [0.1, 0.15) is 284 Å². The van der Waals surface area contributed by atoms with E-state index in [4.69, 9.17) is 26.3 Å². The van der Waals surface area contributed by atoms with Gasteiger partial charge in [0.1, 0.15) is 17.8 Å². The van der Waals surface area contributed by atoms with E-state index >= 15 is 0 Å². The van der Waals surface area contributed by atoms with Crippen molar-refractivity contribution in [2.45, 2.75) is 290 Å². The summed E-state index contributed by atoms with van der Waals surface area (Å²) in [7, 11) is 0. The van der Waals surface area contributed by atoms with Crippen molar-refractivity contribution >= 4 is 23.5 Å². The number of ether oxygens (including phenoxy) is 2. The molecule has 0 saturated carbocycles. The van der Waals surface area contributed by atoms with E-state index in [1.807, 2.05) is 68.4 Å². The van der Waals surface area contributed by atoms with Crippen molar-refractivity contribution in [1.29, 1.82) is 5.26 Å². The van der Waals surface area contributed by atoms with E-state index in [-0.39, 0.29) is 39.3 Å². The molecule has 3 atom stereocenters. The first-order valence-corrected chi connectivity index (χ1v) is 27.2. The Morgan fingerprint density at radius 2 is 0.889 bits per heavy atom. The second-order valence-electron chi connectivity index (χ2n) is 29.2. The number of benzene rings is 1. The van der Waals surface area contributed by atoms with Gasteiger partial charge in [0.15, 0.2) is 0 Å². The second-order valence-corrected chi connectivity index (χ2v) is 30.2. The lowest BCUT2D eigenvalue weighted by Gasteiger charge is -2.40. The molecule has 2 N–H and O–H groups in total. The average molecular weight is 1040 g/mol. The zero-order valence-corrected chi connectivity index (χ0v) is 55.2. The maximum absolute atomic E-state index is 11.8. The standard InChI is InChI=1S/C15H19NO3.C10H20O2.C9H20.C8H18O.C8H18.C7H15Cl.C7H14/c1-14(2,3)15(4,18)10-19-13(17)12-7-5-11(9-16)6-8-12;1-7-10(6,9(3,4)5)12-8(2)11;1-6-8(7-2)9(3,4)5;1-6-8(5,9)7(2,3)4;1-7(2,3)8(4,5)6;1-6(2,3)7(4,5)8;1-6(2)7(3,4)5/h5-8,18H,10H2,1-4H3;7H2,1-6H3;8H,6-7H2,1-5H3;9H,6H2,1-5H3;1-6H3;1-5H3;1H2,2-5H3. The van der Waals surface area contributed by atoms with Gasteiger partial charge in [-0.15, -0.1) is 11.6 Å². The van der Waals surface area contributed by atoms with E-state index in [1.165, 1.54) is 37.5 Å². The molecule has 0 spiro atoms. The van der Waals surface area contributed by atoms with E-state index in [2.05, 4.69) is 173 Å². The van der Waals surface area contributed by atoms with E-state index in [0.717, 1.165) is 18.8 Å². The molecule has 0 radical (unpaired) electrons. The molecule has 0 amide bonds. The van der Waals surface area contributed by atoms with Crippen molar-refractivity contribution in [1.82, 2.24) is 0 Å². The molecular formula is C64H124ClNO6. The topological polar surface area (TPSA) is 117 Å². The maximum Gasteiger partial charge on any atom is 0.338 e. The van der Waals surface area contributed by atoms with Crippen molar-refractivity contribution in [3.05, 3.63) is 47.5 Å². The lowest BCUT2D eigenvalue weighted by molar-refractivity contribution is -0.168. The van der Waals surface area contributed by atoms with Gasteiger partial charge in [-0.3, -0.25) is 4.79 Å². The summed E-state index contributed by atoms with van der Waals surface area (Å²) in [5.74, 6) is 0.195. The van der Waals surface area contributed by atoms with E-state index < -0.39 is 22.6 Å². The third-order valence-electron chi connectivity index (χ3n) is 15.8. The maximum atomic E-state index is 11.8. The van der Waals surface area contributed by atoms with Crippen LogP contribution in [0.5, 0.6) is 0 Å². The molecule has 7 nitrogen and oxygen atoms in total. The van der Waals surface area contributed by atoms with Crippen LogP contribution in [0.3, 0.4) is 0 Å². The number of allylic oxidation sites excluding steroid dienone is 1. The van der Waals surface area contributed by atoms with Gasteiger partial charge in [-0.05, 0) is 122 Å². The monoisotopic (exact) mass is 1040 g/mol. The van der Waals surface area contributed by atoms with Gasteiger partial charge in [0.2, 0.25) is 0 Å². The van der Waals surface area contributed by atoms with Crippen LogP contribution in [0.4, 0.5) is 0 Å². The summed E-state index contributed by atoms with van der Waals surface area (Å²) < 4.78 is 10.4. The van der Waals surface area contributed by atoms with Crippen LogP contribution in [0.25, 0.3) is 0 Å². The van der Waals surface area contributed by atoms with Gasteiger partial charge >= 0.3 is 11.9 Å². The van der Waals surface area contributed by atoms with Crippen molar-refractivity contribution in [3.63, 3.8) is 0 Å². The summed E-state index contributed by atoms with van der Waals surface area (Å²) in [6.45, 7) is 77.0. The highest BCUT2D eigenvalue weighted by atomic mass is 35.5. The third-order valence-corrected chi connectivity index (χ3v) is 16.4. The van der Waals surface area contributed by atoms with Crippen molar-refractivity contribution in [2.75, 3.05) is 6.61 Å². The number of aliphatic hydroxyl groups is 2. The van der Waals surface area contributed by atoms with E-state index in [0.29, 0.717) is 32.8 Å². The van der Waals surface area contributed by atoms with Crippen LogP contribution < -0.4 is 0 Å². The van der Waals surface area contributed by atoms with Crippen LogP contribution in [-0.2, 0) is 14.3 Å². The number of carbonyl (C=O) groups is 2. The molecule has 0 heterocycles. The molecule has 1 aromatic rings.